The van der Waals surface area contributed by atoms with Crippen molar-refractivity contribution in [1.29, 1.82) is 0 Å². The molecule has 1 aliphatic rings. The van der Waals surface area contributed by atoms with Gasteiger partial charge < -0.3 is 9.15 Å². The average molecular weight is 363 g/mol. The molecule has 1 aromatic carbocycles. The van der Waals surface area contributed by atoms with Crippen LogP contribution in [0.25, 0.3) is 0 Å². The molecule has 25 heavy (non-hydrogen) atoms. The molecular formula is C18H21NO5S. The van der Waals surface area contributed by atoms with Crippen LogP contribution in [-0.4, -0.2) is 32.8 Å². The van der Waals surface area contributed by atoms with E-state index in [4.69, 9.17) is 4.42 Å². The van der Waals surface area contributed by atoms with E-state index in [1.807, 2.05) is 12.1 Å². The molecule has 1 aliphatic carbocycles. The van der Waals surface area contributed by atoms with Crippen LogP contribution in [-0.2, 0) is 21.3 Å². The first-order chi connectivity index (χ1) is 11.8. The number of esters is 1. The number of ether oxygens (including phenoxy) is 1. The minimum atomic E-state index is -3.74. The van der Waals surface area contributed by atoms with Crippen LogP contribution in [0.1, 0.15) is 41.1 Å². The van der Waals surface area contributed by atoms with Gasteiger partial charge in [0.05, 0.1) is 24.1 Å². The van der Waals surface area contributed by atoms with Gasteiger partial charge in [-0.1, -0.05) is 13.0 Å². The van der Waals surface area contributed by atoms with Crippen molar-refractivity contribution in [2.24, 2.45) is 5.92 Å². The fourth-order valence-electron chi connectivity index (χ4n) is 2.78. The first-order valence-electron chi connectivity index (χ1n) is 8.06. The molecule has 0 aliphatic heterocycles. The maximum atomic E-state index is 12.7. The van der Waals surface area contributed by atoms with Crippen molar-refractivity contribution in [3.8, 4) is 0 Å². The van der Waals surface area contributed by atoms with E-state index >= 15 is 0 Å². The van der Waals surface area contributed by atoms with E-state index in [9.17, 15) is 13.2 Å². The summed E-state index contributed by atoms with van der Waals surface area (Å²) in [7, 11) is -0.999. The molecule has 1 heterocycles. The molecule has 2 atom stereocenters. The molecule has 1 aromatic heterocycles. The fraction of sp³-hybridized carbons (Fsp3) is 0.389. The van der Waals surface area contributed by atoms with Crippen LogP contribution in [0.5, 0.6) is 0 Å². The summed E-state index contributed by atoms with van der Waals surface area (Å²) < 4.78 is 37.1. The Morgan fingerprint density at radius 2 is 2.04 bits per heavy atom. The average Bonchev–Trinajstić information content (AvgIpc) is 3.15. The fourth-order valence-corrected chi connectivity index (χ4v) is 3.97. The number of benzene rings is 1. The standard InChI is InChI=1S/C18H21NO5S/c1-12-9-16(12)17-8-7-14(24-17)11-19(2)25(21,22)15-6-4-5-13(10-15)18(20)23-3/h4-8,10,12,16H,9,11H2,1-3H3. The van der Waals surface area contributed by atoms with Crippen molar-refractivity contribution in [2.45, 2.75) is 30.7 Å². The van der Waals surface area contributed by atoms with Crippen molar-refractivity contribution in [3.63, 3.8) is 0 Å². The van der Waals surface area contributed by atoms with Gasteiger partial charge in [0.1, 0.15) is 11.5 Å². The lowest BCUT2D eigenvalue weighted by Crippen LogP contribution is -2.26. The summed E-state index contributed by atoms with van der Waals surface area (Å²) in [5, 5.41) is 0. The summed E-state index contributed by atoms with van der Waals surface area (Å²) >= 11 is 0. The van der Waals surface area contributed by atoms with Gasteiger partial charge in [-0.25, -0.2) is 13.2 Å². The minimum Gasteiger partial charge on any atom is -0.465 e. The molecule has 0 saturated heterocycles. The van der Waals surface area contributed by atoms with Crippen molar-refractivity contribution in [1.82, 2.24) is 4.31 Å². The lowest BCUT2D eigenvalue weighted by atomic mass is 10.2. The minimum absolute atomic E-state index is 0.0421. The van der Waals surface area contributed by atoms with Crippen LogP contribution in [0.15, 0.2) is 45.7 Å². The molecule has 2 aromatic rings. The molecule has 0 amide bonds. The molecule has 6 nitrogen and oxygen atoms in total. The molecule has 3 rings (SSSR count). The number of rotatable bonds is 6. The van der Waals surface area contributed by atoms with E-state index in [1.54, 1.807) is 0 Å². The van der Waals surface area contributed by atoms with Gasteiger partial charge in [0.2, 0.25) is 10.0 Å². The maximum Gasteiger partial charge on any atom is 0.337 e. The second-order valence-corrected chi connectivity index (χ2v) is 8.45. The van der Waals surface area contributed by atoms with Crippen LogP contribution in [0, 0.1) is 5.92 Å². The second kappa shape index (κ2) is 6.65. The largest absolute Gasteiger partial charge is 0.465 e. The third-order valence-corrected chi connectivity index (χ3v) is 6.30. The van der Waals surface area contributed by atoms with Gasteiger partial charge in [0.25, 0.3) is 0 Å². The molecule has 0 bridgehead atoms. The Balaban J connectivity index is 1.77. The third-order valence-electron chi connectivity index (χ3n) is 4.50. The number of nitrogens with zero attached hydrogens (tertiary/aromatic N) is 1. The number of hydrogen-bond acceptors (Lipinski definition) is 5. The van der Waals surface area contributed by atoms with Crippen LogP contribution in [0.4, 0.5) is 0 Å². The highest BCUT2D eigenvalue weighted by Crippen LogP contribution is 2.47. The predicted molar refractivity (Wildman–Crippen MR) is 91.7 cm³/mol. The van der Waals surface area contributed by atoms with Gasteiger partial charge in [0.15, 0.2) is 0 Å². The van der Waals surface area contributed by atoms with Crippen LogP contribution in [0.3, 0.4) is 0 Å². The molecular weight excluding hydrogens is 342 g/mol. The second-order valence-electron chi connectivity index (χ2n) is 6.40. The Hall–Kier alpha value is -2.12. The predicted octanol–water partition coefficient (Wildman–Crippen LogP) is 3.01. The zero-order valence-electron chi connectivity index (χ0n) is 14.4. The van der Waals surface area contributed by atoms with Crippen molar-refractivity contribution >= 4 is 16.0 Å². The Morgan fingerprint density at radius 3 is 2.68 bits per heavy atom. The van der Waals surface area contributed by atoms with Crippen LogP contribution in [0.2, 0.25) is 0 Å². The Bertz CT molecular complexity index is 886. The zero-order chi connectivity index (χ0) is 18.2. The van der Waals surface area contributed by atoms with E-state index < -0.39 is 16.0 Å². The molecule has 0 radical (unpaired) electrons. The SMILES string of the molecule is COC(=O)c1cccc(S(=O)(=O)N(C)Cc2ccc(C3CC3C)o2)c1. The van der Waals surface area contributed by atoms with Crippen molar-refractivity contribution in [3.05, 3.63) is 53.5 Å². The lowest BCUT2D eigenvalue weighted by Gasteiger charge is -2.16. The monoisotopic (exact) mass is 363 g/mol. The Labute approximate surface area is 147 Å². The summed E-state index contributed by atoms with van der Waals surface area (Å²) in [5.41, 5.74) is 0.194. The van der Waals surface area contributed by atoms with E-state index in [-0.39, 0.29) is 17.0 Å². The summed E-state index contributed by atoms with van der Waals surface area (Å²) in [6.45, 7) is 2.30. The molecule has 2 unspecified atom stereocenters. The smallest absolute Gasteiger partial charge is 0.337 e. The number of carbonyl (C=O) groups is 1. The summed E-state index contributed by atoms with van der Waals surface area (Å²) in [5.74, 6) is 2.02. The van der Waals surface area contributed by atoms with E-state index in [0.717, 1.165) is 12.2 Å². The van der Waals surface area contributed by atoms with Crippen molar-refractivity contribution in [2.75, 3.05) is 14.2 Å². The topological polar surface area (TPSA) is 76.8 Å². The van der Waals surface area contributed by atoms with Gasteiger partial charge in [-0.05, 0) is 42.7 Å². The van der Waals surface area contributed by atoms with Gasteiger partial charge in [-0.3, -0.25) is 0 Å². The zero-order valence-corrected chi connectivity index (χ0v) is 15.2. The molecule has 1 saturated carbocycles. The number of carbonyl (C=O) groups excluding carboxylic acids is 1. The number of furan rings is 1. The highest BCUT2D eigenvalue weighted by atomic mass is 32.2. The van der Waals surface area contributed by atoms with Gasteiger partial charge in [-0.15, -0.1) is 0 Å². The first-order valence-corrected chi connectivity index (χ1v) is 9.50. The number of hydrogen-bond donors (Lipinski definition) is 0. The Morgan fingerprint density at radius 1 is 1.32 bits per heavy atom. The van der Waals surface area contributed by atoms with E-state index in [2.05, 4.69) is 11.7 Å². The van der Waals surface area contributed by atoms with E-state index in [0.29, 0.717) is 17.6 Å². The molecule has 134 valence electrons. The van der Waals surface area contributed by atoms with E-state index in [1.165, 1.54) is 42.7 Å². The normalized spacial score (nSPS) is 19.8. The van der Waals surface area contributed by atoms with Gasteiger partial charge in [0, 0.05) is 13.0 Å². The van der Waals surface area contributed by atoms with Crippen molar-refractivity contribution < 1.29 is 22.4 Å². The van der Waals surface area contributed by atoms with Crippen LogP contribution < -0.4 is 0 Å². The number of sulfonamides is 1. The summed E-state index contributed by atoms with van der Waals surface area (Å²) in [4.78, 5) is 11.6. The van der Waals surface area contributed by atoms with Gasteiger partial charge in [-0.2, -0.15) is 4.31 Å². The van der Waals surface area contributed by atoms with Gasteiger partial charge >= 0.3 is 5.97 Å². The summed E-state index contributed by atoms with van der Waals surface area (Å²) in [6, 6.07) is 9.54. The first kappa shape index (κ1) is 17.7. The molecule has 1 fully saturated rings. The third kappa shape index (κ3) is 3.62. The molecule has 0 spiro atoms. The highest BCUT2D eigenvalue weighted by molar-refractivity contribution is 7.89. The lowest BCUT2D eigenvalue weighted by molar-refractivity contribution is 0.0600. The summed E-state index contributed by atoms with van der Waals surface area (Å²) in [6.07, 6.45) is 1.11. The van der Waals surface area contributed by atoms with Crippen LogP contribution >= 0.6 is 0 Å². The number of methoxy groups -OCH3 is 1. The molecule has 7 heteroatoms. The highest BCUT2D eigenvalue weighted by Gasteiger charge is 2.36. The maximum absolute atomic E-state index is 12.7. The molecule has 0 N–H and O–H groups in total. The quantitative estimate of drug-likeness (QED) is 0.738. The Kier molecular flexibility index (Phi) is 4.71.